The Morgan fingerprint density at radius 3 is 2.52 bits per heavy atom. The summed E-state index contributed by atoms with van der Waals surface area (Å²) < 4.78 is 37.8. The molecular formula is C17H25ClF3N5O. The summed E-state index contributed by atoms with van der Waals surface area (Å²) >= 11 is 0. The molecule has 4 N–H and O–H groups in total. The Kier molecular flexibility index (Phi) is 7.27. The van der Waals surface area contributed by atoms with Gasteiger partial charge in [0.2, 0.25) is 11.9 Å². The van der Waals surface area contributed by atoms with Gasteiger partial charge in [-0.2, -0.15) is 13.2 Å². The van der Waals surface area contributed by atoms with Crippen molar-refractivity contribution in [1.29, 1.82) is 0 Å². The second-order valence-electron chi connectivity index (χ2n) is 7.18. The number of nitrogens with two attached hydrogens (primary N) is 1. The van der Waals surface area contributed by atoms with Crippen molar-refractivity contribution >= 4 is 24.3 Å². The van der Waals surface area contributed by atoms with Gasteiger partial charge in [0.1, 0.15) is 5.69 Å². The van der Waals surface area contributed by atoms with E-state index < -0.39 is 11.9 Å². The number of hydrogen-bond acceptors (Lipinski definition) is 5. The number of nitrogens with zero attached hydrogens (tertiary/aromatic N) is 2. The van der Waals surface area contributed by atoms with Gasteiger partial charge in [-0.1, -0.05) is 6.42 Å². The minimum atomic E-state index is -4.51. The minimum absolute atomic E-state index is 0. The third kappa shape index (κ3) is 5.44. The van der Waals surface area contributed by atoms with Gasteiger partial charge in [-0.05, 0) is 43.6 Å². The lowest BCUT2D eigenvalue weighted by molar-refractivity contribution is -0.141. The first kappa shape index (κ1) is 21.7. The number of amides is 1. The molecule has 1 amide bonds. The van der Waals surface area contributed by atoms with Gasteiger partial charge in [-0.25, -0.2) is 9.97 Å². The van der Waals surface area contributed by atoms with Crippen LogP contribution < -0.4 is 16.4 Å². The summed E-state index contributed by atoms with van der Waals surface area (Å²) in [5.74, 6) is 0.729. The number of anilines is 1. The van der Waals surface area contributed by atoms with Crippen LogP contribution in [-0.2, 0) is 11.0 Å². The average Bonchev–Trinajstić information content (AvgIpc) is 2.58. The van der Waals surface area contributed by atoms with E-state index in [1.807, 2.05) is 0 Å². The quantitative estimate of drug-likeness (QED) is 0.652. The summed E-state index contributed by atoms with van der Waals surface area (Å²) in [5.41, 5.74) is 5.24. The molecule has 3 rings (SSSR count). The molecular weight excluding hydrogens is 383 g/mol. The summed E-state index contributed by atoms with van der Waals surface area (Å²) in [4.78, 5) is 19.6. The molecule has 1 heterocycles. The van der Waals surface area contributed by atoms with Gasteiger partial charge in [-0.15, -0.1) is 12.4 Å². The zero-order valence-corrected chi connectivity index (χ0v) is 15.7. The maximum Gasteiger partial charge on any atom is 0.433 e. The number of fused-ring (bicyclic) bond motifs is 2. The topological polar surface area (TPSA) is 92.9 Å². The summed E-state index contributed by atoms with van der Waals surface area (Å²) in [7, 11) is 0. The average molecular weight is 408 g/mol. The highest BCUT2D eigenvalue weighted by atomic mass is 35.5. The molecule has 2 aliphatic carbocycles. The van der Waals surface area contributed by atoms with E-state index in [1.54, 1.807) is 0 Å². The fourth-order valence-electron chi connectivity index (χ4n) is 4.11. The Hall–Kier alpha value is -1.61. The van der Waals surface area contributed by atoms with Crippen LogP contribution in [-0.4, -0.2) is 35.0 Å². The lowest BCUT2D eigenvalue weighted by Gasteiger charge is -2.43. The molecule has 152 valence electrons. The molecule has 0 radical (unpaired) electrons. The molecule has 2 unspecified atom stereocenters. The lowest BCUT2D eigenvalue weighted by Crippen LogP contribution is -2.49. The van der Waals surface area contributed by atoms with Crippen LogP contribution in [0.5, 0.6) is 0 Å². The molecule has 10 heteroatoms. The number of rotatable bonds is 5. The number of carbonyl (C=O) groups is 1. The van der Waals surface area contributed by atoms with Crippen molar-refractivity contribution in [2.45, 2.75) is 44.3 Å². The number of alkyl halides is 3. The molecule has 2 aliphatic rings. The van der Waals surface area contributed by atoms with Crippen molar-refractivity contribution in [1.82, 2.24) is 15.3 Å². The number of nitrogens with one attached hydrogen (secondary N) is 2. The normalized spacial score (nSPS) is 27.4. The predicted octanol–water partition coefficient (Wildman–Crippen LogP) is 2.60. The van der Waals surface area contributed by atoms with Crippen LogP contribution in [0.2, 0.25) is 0 Å². The van der Waals surface area contributed by atoms with Crippen LogP contribution in [0, 0.1) is 17.8 Å². The molecule has 2 atom stereocenters. The van der Waals surface area contributed by atoms with E-state index in [0.29, 0.717) is 18.4 Å². The Labute approximate surface area is 162 Å². The van der Waals surface area contributed by atoms with Crippen molar-refractivity contribution in [3.8, 4) is 0 Å². The van der Waals surface area contributed by atoms with Gasteiger partial charge in [0.15, 0.2) is 0 Å². The van der Waals surface area contributed by atoms with E-state index >= 15 is 0 Å². The van der Waals surface area contributed by atoms with Crippen LogP contribution in [0.3, 0.4) is 0 Å². The van der Waals surface area contributed by atoms with Crippen molar-refractivity contribution in [3.63, 3.8) is 0 Å². The summed E-state index contributed by atoms with van der Waals surface area (Å²) in [6.45, 7) is 0.558. The summed E-state index contributed by atoms with van der Waals surface area (Å²) in [6, 6.07) is 1.03. The molecule has 0 aromatic carbocycles. The molecule has 0 aliphatic heterocycles. The molecule has 2 saturated carbocycles. The molecule has 2 fully saturated rings. The number of carbonyl (C=O) groups excluding carboxylic acids is 1. The van der Waals surface area contributed by atoms with E-state index in [0.717, 1.165) is 37.9 Å². The Bertz CT molecular complexity index is 631. The minimum Gasteiger partial charge on any atom is -0.354 e. The fourth-order valence-corrected chi connectivity index (χ4v) is 4.11. The van der Waals surface area contributed by atoms with E-state index in [-0.39, 0.29) is 42.8 Å². The highest BCUT2D eigenvalue weighted by Crippen LogP contribution is 2.41. The van der Waals surface area contributed by atoms with E-state index in [2.05, 4.69) is 20.6 Å². The number of halogens is 4. The number of hydrogen-bond donors (Lipinski definition) is 3. The van der Waals surface area contributed by atoms with Crippen LogP contribution in [0.1, 0.15) is 37.8 Å². The largest absolute Gasteiger partial charge is 0.433 e. The van der Waals surface area contributed by atoms with Crippen molar-refractivity contribution in [2.24, 2.45) is 23.5 Å². The predicted molar refractivity (Wildman–Crippen MR) is 97.3 cm³/mol. The van der Waals surface area contributed by atoms with Crippen molar-refractivity contribution in [3.05, 3.63) is 18.0 Å². The molecule has 0 saturated heterocycles. The zero-order chi connectivity index (χ0) is 18.7. The van der Waals surface area contributed by atoms with Crippen molar-refractivity contribution < 1.29 is 18.0 Å². The highest BCUT2D eigenvalue weighted by Gasteiger charge is 2.40. The molecule has 6 nitrogen and oxygen atoms in total. The van der Waals surface area contributed by atoms with Crippen molar-refractivity contribution in [2.75, 3.05) is 18.4 Å². The second-order valence-corrected chi connectivity index (χ2v) is 7.18. The van der Waals surface area contributed by atoms with Crippen LogP contribution >= 0.6 is 12.4 Å². The fraction of sp³-hybridized carbons (Fsp3) is 0.706. The van der Waals surface area contributed by atoms with E-state index in [9.17, 15) is 18.0 Å². The maximum absolute atomic E-state index is 12.6. The van der Waals surface area contributed by atoms with Gasteiger partial charge in [-0.3, -0.25) is 4.79 Å². The number of aromatic nitrogens is 2. The zero-order valence-electron chi connectivity index (χ0n) is 14.8. The Morgan fingerprint density at radius 2 is 1.89 bits per heavy atom. The van der Waals surface area contributed by atoms with Crippen LogP contribution in [0.15, 0.2) is 12.3 Å². The van der Waals surface area contributed by atoms with Crippen LogP contribution in [0.25, 0.3) is 0 Å². The van der Waals surface area contributed by atoms with Gasteiger partial charge in [0.25, 0.3) is 0 Å². The molecule has 0 spiro atoms. The van der Waals surface area contributed by atoms with Gasteiger partial charge in [0.05, 0.1) is 0 Å². The Morgan fingerprint density at radius 1 is 1.22 bits per heavy atom. The SMILES string of the molecule is Cl.NC1C2CCCC1CC(C(=O)NCCNc1nccc(C(F)(F)F)n1)C2. The molecule has 1 aromatic heterocycles. The monoisotopic (exact) mass is 407 g/mol. The van der Waals surface area contributed by atoms with Crippen LogP contribution in [0.4, 0.5) is 19.1 Å². The van der Waals surface area contributed by atoms with Gasteiger partial charge >= 0.3 is 6.18 Å². The third-order valence-electron chi connectivity index (χ3n) is 5.44. The first-order valence-electron chi connectivity index (χ1n) is 9.02. The maximum atomic E-state index is 12.6. The van der Waals surface area contributed by atoms with E-state index in [4.69, 9.17) is 5.73 Å². The smallest absolute Gasteiger partial charge is 0.354 e. The molecule has 27 heavy (non-hydrogen) atoms. The van der Waals surface area contributed by atoms with Gasteiger partial charge in [0, 0.05) is 31.2 Å². The lowest BCUT2D eigenvalue weighted by atomic mass is 9.65. The first-order valence-corrected chi connectivity index (χ1v) is 9.02. The third-order valence-corrected chi connectivity index (χ3v) is 5.44. The van der Waals surface area contributed by atoms with Gasteiger partial charge < -0.3 is 16.4 Å². The molecule has 2 bridgehead atoms. The second kappa shape index (κ2) is 9.05. The van der Waals surface area contributed by atoms with E-state index in [1.165, 1.54) is 6.42 Å². The summed E-state index contributed by atoms with van der Waals surface area (Å²) in [6.07, 6.45) is 1.58. The Balaban J connectivity index is 0.00000261. The standard InChI is InChI=1S/C17H24F3N5O.ClH/c18-17(19,20)13-4-5-23-16(25-13)24-7-6-22-15(26)12-8-10-2-1-3-11(9-12)14(10)21;/h4-5,10-12,14H,1-3,6-9,21H2,(H,22,26)(H,23,24,25);1H. The molecule has 1 aromatic rings. The first-order chi connectivity index (χ1) is 12.3. The summed E-state index contributed by atoms with van der Waals surface area (Å²) in [5, 5.41) is 5.56. The highest BCUT2D eigenvalue weighted by molar-refractivity contribution is 5.85.